The molecule has 0 aromatic heterocycles. The molecule has 1 saturated heterocycles. The number of likely N-dealkylation sites (tertiary alicyclic amines) is 1. The Balaban J connectivity index is 1.69. The minimum atomic E-state index is -0.201. The van der Waals surface area contributed by atoms with Crippen molar-refractivity contribution in [1.82, 2.24) is 10.2 Å². The lowest BCUT2D eigenvalue weighted by Gasteiger charge is -2.37. The van der Waals surface area contributed by atoms with Gasteiger partial charge in [0.05, 0.1) is 12.1 Å². The molecule has 1 aliphatic heterocycles. The van der Waals surface area contributed by atoms with E-state index < -0.39 is 0 Å². The number of aryl methyl sites for hydroxylation is 1. The van der Waals surface area contributed by atoms with Crippen LogP contribution in [0.2, 0.25) is 5.02 Å². The van der Waals surface area contributed by atoms with Crippen LogP contribution < -0.4 is 5.32 Å². The smallest absolute Gasteiger partial charge is 0.217 e. The Hall–Kier alpha value is -1.17. The van der Waals surface area contributed by atoms with Crippen LogP contribution in [0.3, 0.4) is 0 Å². The lowest BCUT2D eigenvalue weighted by molar-refractivity contribution is -0.121. The summed E-state index contributed by atoms with van der Waals surface area (Å²) in [6, 6.07) is 3.54. The summed E-state index contributed by atoms with van der Waals surface area (Å²) in [5.74, 6) is 0.790. The quantitative estimate of drug-likeness (QED) is 0.887. The normalized spacial score (nSPS) is 29.5. The number of carbonyl (C=O) groups excluding carboxylic acids is 1. The molecule has 1 saturated carbocycles. The second kappa shape index (κ2) is 7.60. The lowest BCUT2D eigenvalue weighted by Crippen LogP contribution is -2.49. The van der Waals surface area contributed by atoms with Crippen LogP contribution in [-0.4, -0.2) is 43.2 Å². The molecule has 1 aromatic carbocycles. The van der Waals surface area contributed by atoms with E-state index in [0.29, 0.717) is 34.5 Å². The maximum Gasteiger partial charge on any atom is 0.217 e. The summed E-state index contributed by atoms with van der Waals surface area (Å²) in [7, 11) is 1.70. The van der Waals surface area contributed by atoms with Crippen molar-refractivity contribution in [1.29, 1.82) is 0 Å². The number of nitrogens with zero attached hydrogens (tertiary/aromatic N) is 1. The summed E-state index contributed by atoms with van der Waals surface area (Å²) in [5, 5.41) is 3.51. The topological polar surface area (TPSA) is 41.6 Å². The summed E-state index contributed by atoms with van der Waals surface area (Å²) >= 11 is 6.22. The first-order valence-electron chi connectivity index (χ1n) is 8.84. The Morgan fingerprint density at radius 3 is 2.68 bits per heavy atom. The van der Waals surface area contributed by atoms with Crippen molar-refractivity contribution in [3.05, 3.63) is 34.1 Å². The van der Waals surface area contributed by atoms with Gasteiger partial charge >= 0.3 is 0 Å². The van der Waals surface area contributed by atoms with Crippen molar-refractivity contribution in [3.8, 4) is 0 Å². The van der Waals surface area contributed by atoms with E-state index in [0.717, 1.165) is 25.9 Å². The molecule has 1 N–H and O–H groups in total. The van der Waals surface area contributed by atoms with E-state index in [1.165, 1.54) is 0 Å². The molecule has 1 aromatic rings. The summed E-state index contributed by atoms with van der Waals surface area (Å²) in [6.07, 6.45) is 1.88. The molecular weight excluding hydrogens is 343 g/mol. The van der Waals surface area contributed by atoms with Crippen LogP contribution in [0, 0.1) is 24.6 Å². The summed E-state index contributed by atoms with van der Waals surface area (Å²) in [5.41, 5.74) is 1.21. The average Bonchev–Trinajstić information content (AvgIpc) is 2.95. The molecule has 25 heavy (non-hydrogen) atoms. The van der Waals surface area contributed by atoms with Crippen LogP contribution in [-0.2, 0) is 16.1 Å². The summed E-state index contributed by atoms with van der Waals surface area (Å²) in [4.78, 5) is 13.7. The van der Waals surface area contributed by atoms with E-state index in [-0.39, 0.29) is 23.9 Å². The monoisotopic (exact) mass is 368 g/mol. The Labute approximate surface area is 153 Å². The van der Waals surface area contributed by atoms with Crippen molar-refractivity contribution < 1.29 is 13.9 Å². The first kappa shape index (κ1) is 18.6. The number of methoxy groups -OCH3 is 1. The molecule has 4 nitrogen and oxygen atoms in total. The van der Waals surface area contributed by atoms with Crippen LogP contribution in [0.4, 0.5) is 4.39 Å². The summed E-state index contributed by atoms with van der Waals surface area (Å²) in [6.45, 7) is 5.66. The van der Waals surface area contributed by atoms with Crippen LogP contribution in [0.15, 0.2) is 12.1 Å². The first-order valence-corrected chi connectivity index (χ1v) is 9.22. The minimum absolute atomic E-state index is 0.0195. The number of hydrogen-bond donors (Lipinski definition) is 1. The van der Waals surface area contributed by atoms with Gasteiger partial charge in [-0.1, -0.05) is 17.7 Å². The molecule has 1 amide bonds. The number of amides is 1. The van der Waals surface area contributed by atoms with Crippen molar-refractivity contribution in [2.45, 2.75) is 45.4 Å². The van der Waals surface area contributed by atoms with Gasteiger partial charge in [-0.3, -0.25) is 9.69 Å². The Bertz CT molecular complexity index is 655. The zero-order valence-electron chi connectivity index (χ0n) is 15.0. The molecule has 1 aliphatic carbocycles. The number of rotatable bonds is 4. The average molecular weight is 369 g/mol. The fourth-order valence-corrected chi connectivity index (χ4v) is 4.60. The van der Waals surface area contributed by atoms with Crippen LogP contribution in [0.25, 0.3) is 0 Å². The van der Waals surface area contributed by atoms with Gasteiger partial charge in [-0.25, -0.2) is 4.39 Å². The van der Waals surface area contributed by atoms with Gasteiger partial charge in [-0.15, -0.1) is 0 Å². The third-order valence-corrected chi connectivity index (χ3v) is 6.00. The third-order valence-electron chi connectivity index (χ3n) is 5.64. The molecule has 138 valence electrons. The van der Waals surface area contributed by atoms with Gasteiger partial charge in [0, 0.05) is 44.3 Å². The van der Waals surface area contributed by atoms with Gasteiger partial charge in [0.25, 0.3) is 0 Å². The SMILES string of the molecule is CO[C@@H]1C[C@H]2CN(Cc3c(Cl)ccc(C)c3F)C[C@H]2C[C@H]1NC(C)=O. The van der Waals surface area contributed by atoms with Crippen molar-refractivity contribution in [3.63, 3.8) is 0 Å². The predicted octanol–water partition coefficient (Wildman–Crippen LogP) is 3.15. The predicted molar refractivity (Wildman–Crippen MR) is 96.0 cm³/mol. The van der Waals surface area contributed by atoms with Gasteiger partial charge in [-0.2, -0.15) is 0 Å². The van der Waals surface area contributed by atoms with Crippen molar-refractivity contribution in [2.24, 2.45) is 11.8 Å². The number of carbonyl (C=O) groups is 1. The maximum absolute atomic E-state index is 14.4. The first-order chi connectivity index (χ1) is 11.9. The highest BCUT2D eigenvalue weighted by atomic mass is 35.5. The standard InChI is InChI=1S/C19H26ClFN2O2/c1-11-4-5-16(20)15(19(11)21)10-23-8-13-6-17(22-12(2)24)18(25-3)7-14(13)9-23/h4-5,13-14,17-18H,6-10H2,1-3H3,(H,22,24)/t13-,14+,17-,18-/m1/s1. The van der Waals surface area contributed by atoms with Gasteiger partial charge in [0.15, 0.2) is 0 Å². The number of halogens is 2. The van der Waals surface area contributed by atoms with E-state index in [2.05, 4.69) is 10.2 Å². The van der Waals surface area contributed by atoms with E-state index in [9.17, 15) is 9.18 Å². The van der Waals surface area contributed by atoms with E-state index >= 15 is 0 Å². The molecule has 4 atom stereocenters. The highest BCUT2D eigenvalue weighted by Crippen LogP contribution is 2.38. The fourth-order valence-electron chi connectivity index (χ4n) is 4.40. The molecule has 0 unspecified atom stereocenters. The van der Waals surface area contributed by atoms with Gasteiger partial charge in [-0.05, 0) is 43.2 Å². The van der Waals surface area contributed by atoms with Crippen LogP contribution >= 0.6 is 11.6 Å². The Morgan fingerprint density at radius 2 is 2.04 bits per heavy atom. The van der Waals surface area contributed by atoms with Gasteiger partial charge in [0.2, 0.25) is 5.91 Å². The molecule has 2 aliphatic rings. The van der Waals surface area contributed by atoms with Crippen molar-refractivity contribution >= 4 is 17.5 Å². The van der Waals surface area contributed by atoms with E-state index in [1.807, 2.05) is 0 Å². The molecule has 0 spiro atoms. The Kier molecular flexibility index (Phi) is 5.66. The van der Waals surface area contributed by atoms with Crippen LogP contribution in [0.1, 0.15) is 30.9 Å². The number of nitrogens with one attached hydrogen (secondary N) is 1. The second-order valence-electron chi connectivity index (χ2n) is 7.42. The third kappa shape index (κ3) is 3.99. The highest BCUT2D eigenvalue weighted by molar-refractivity contribution is 6.31. The number of benzene rings is 1. The zero-order chi connectivity index (χ0) is 18.1. The molecule has 6 heteroatoms. The molecule has 1 heterocycles. The molecule has 3 rings (SSSR count). The molecular formula is C19H26ClFN2O2. The van der Waals surface area contributed by atoms with Crippen LogP contribution in [0.5, 0.6) is 0 Å². The molecule has 0 radical (unpaired) electrons. The maximum atomic E-state index is 14.4. The highest BCUT2D eigenvalue weighted by Gasteiger charge is 2.42. The van der Waals surface area contributed by atoms with Gasteiger partial charge in [0.1, 0.15) is 5.82 Å². The van der Waals surface area contributed by atoms with Crippen molar-refractivity contribution in [2.75, 3.05) is 20.2 Å². The number of fused-ring (bicyclic) bond motifs is 1. The number of ether oxygens (including phenoxy) is 1. The summed E-state index contributed by atoms with van der Waals surface area (Å²) < 4.78 is 20.0. The minimum Gasteiger partial charge on any atom is -0.379 e. The Morgan fingerprint density at radius 1 is 1.36 bits per heavy atom. The zero-order valence-corrected chi connectivity index (χ0v) is 15.8. The van der Waals surface area contributed by atoms with Gasteiger partial charge < -0.3 is 10.1 Å². The largest absolute Gasteiger partial charge is 0.379 e. The lowest BCUT2D eigenvalue weighted by atomic mass is 9.77. The fraction of sp³-hybridized carbons (Fsp3) is 0.632. The molecule has 2 fully saturated rings. The molecule has 0 bridgehead atoms. The van der Waals surface area contributed by atoms with E-state index in [4.69, 9.17) is 16.3 Å². The van der Waals surface area contributed by atoms with E-state index in [1.54, 1.807) is 33.1 Å². The number of hydrogen-bond acceptors (Lipinski definition) is 3. The second-order valence-corrected chi connectivity index (χ2v) is 7.83.